The van der Waals surface area contributed by atoms with Gasteiger partial charge in [0.25, 0.3) is 0 Å². The van der Waals surface area contributed by atoms with E-state index in [0.29, 0.717) is 17.9 Å². The zero-order valence-corrected chi connectivity index (χ0v) is 15.4. The number of carboxylic acids is 2. The van der Waals surface area contributed by atoms with Crippen molar-refractivity contribution in [2.75, 3.05) is 12.3 Å². The molecular formula is C15H16F6N6O4. The number of nitrogens with zero attached hydrogens (tertiary/aromatic N) is 4. The van der Waals surface area contributed by atoms with Gasteiger partial charge in [-0.3, -0.25) is 0 Å². The van der Waals surface area contributed by atoms with E-state index in [1.54, 1.807) is 0 Å². The van der Waals surface area contributed by atoms with E-state index >= 15 is 0 Å². The first-order chi connectivity index (χ1) is 14.2. The fraction of sp³-hybridized carbons (Fsp3) is 0.533. The van der Waals surface area contributed by atoms with Crippen LogP contribution in [-0.4, -0.2) is 66.6 Å². The van der Waals surface area contributed by atoms with E-state index in [2.05, 4.69) is 24.8 Å². The second-order valence-corrected chi connectivity index (χ2v) is 6.61. The number of piperidine rings is 1. The number of aliphatic carboxylic acids is 2. The minimum Gasteiger partial charge on any atom is -0.475 e. The second-order valence-electron chi connectivity index (χ2n) is 6.61. The molecule has 1 saturated heterocycles. The number of carboxylic acid groups (broad SMARTS) is 2. The number of fused-ring (bicyclic) bond motifs is 3. The van der Waals surface area contributed by atoms with Crippen molar-refractivity contribution in [2.24, 2.45) is 5.92 Å². The molecule has 2 aromatic heterocycles. The molecule has 172 valence electrons. The Balaban J connectivity index is 0.000000206. The summed E-state index contributed by atoms with van der Waals surface area (Å²) in [5.74, 6) is -4.24. The van der Waals surface area contributed by atoms with Crippen molar-refractivity contribution >= 4 is 28.9 Å². The van der Waals surface area contributed by atoms with Crippen molar-refractivity contribution in [3.63, 3.8) is 0 Å². The van der Waals surface area contributed by atoms with E-state index in [-0.39, 0.29) is 0 Å². The smallest absolute Gasteiger partial charge is 0.475 e. The average molecular weight is 458 g/mol. The van der Waals surface area contributed by atoms with Crippen molar-refractivity contribution in [3.8, 4) is 0 Å². The van der Waals surface area contributed by atoms with Gasteiger partial charge < -0.3 is 25.8 Å². The van der Waals surface area contributed by atoms with Crippen molar-refractivity contribution in [1.29, 1.82) is 0 Å². The van der Waals surface area contributed by atoms with Gasteiger partial charge in [0.15, 0.2) is 11.5 Å². The summed E-state index contributed by atoms with van der Waals surface area (Å²) in [7, 11) is 0. The Bertz CT molecular complexity index is 922. The lowest BCUT2D eigenvalue weighted by Crippen LogP contribution is -2.34. The van der Waals surface area contributed by atoms with Crippen LogP contribution in [0.3, 0.4) is 0 Å². The summed E-state index contributed by atoms with van der Waals surface area (Å²) in [4.78, 5) is 30.4. The van der Waals surface area contributed by atoms with Gasteiger partial charge >= 0.3 is 24.3 Å². The minimum absolute atomic E-state index is 0.463. The standard InChI is InChI=1S/C11H14N6.2C2HF3O2/c12-10-9-11(15-4-14-10)17(5-16-9)8-2-6-1-7(8)13-3-6;2*3-2(4,5)1(6)7/h4-8,13H,1-3H2,(H2,12,14,15);2*(H,6,7)/t6-,7+,8+;;/m1../s1. The van der Waals surface area contributed by atoms with E-state index in [4.69, 9.17) is 25.5 Å². The molecule has 0 aromatic carbocycles. The van der Waals surface area contributed by atoms with Gasteiger partial charge in [0.1, 0.15) is 11.8 Å². The summed E-state index contributed by atoms with van der Waals surface area (Å²) < 4.78 is 65.6. The van der Waals surface area contributed by atoms with Gasteiger partial charge in [0, 0.05) is 6.04 Å². The SMILES string of the molecule is Nc1ncnc2c1ncn2[C@H]1C[C@@H]2CN[C@H]1C2.O=C(O)C(F)(F)F.O=C(O)C(F)(F)F. The van der Waals surface area contributed by atoms with Gasteiger partial charge in [-0.15, -0.1) is 0 Å². The van der Waals surface area contributed by atoms with Crippen molar-refractivity contribution in [1.82, 2.24) is 24.8 Å². The number of nitrogens with one attached hydrogen (secondary N) is 1. The number of hydrogen-bond acceptors (Lipinski definition) is 7. The van der Waals surface area contributed by atoms with Gasteiger partial charge in [-0.25, -0.2) is 24.5 Å². The molecule has 0 amide bonds. The van der Waals surface area contributed by atoms with Crippen molar-refractivity contribution in [2.45, 2.75) is 37.3 Å². The fourth-order valence-corrected chi connectivity index (χ4v) is 3.24. The maximum absolute atomic E-state index is 10.6. The predicted molar refractivity (Wildman–Crippen MR) is 90.7 cm³/mol. The zero-order chi connectivity index (χ0) is 23.6. The van der Waals surface area contributed by atoms with E-state index in [1.807, 2.05) is 6.33 Å². The van der Waals surface area contributed by atoms with Crippen molar-refractivity contribution in [3.05, 3.63) is 12.7 Å². The zero-order valence-electron chi connectivity index (χ0n) is 15.4. The van der Waals surface area contributed by atoms with E-state index in [0.717, 1.165) is 23.6 Å². The molecule has 16 heteroatoms. The molecule has 0 unspecified atom stereocenters. The molecule has 0 spiro atoms. The molecule has 4 rings (SSSR count). The largest absolute Gasteiger partial charge is 0.490 e. The number of halogens is 6. The third kappa shape index (κ3) is 5.93. The summed E-state index contributed by atoms with van der Waals surface area (Å²) in [6.07, 6.45) is -4.32. The highest BCUT2D eigenvalue weighted by Crippen LogP contribution is 2.40. The Hall–Kier alpha value is -3.17. The Labute approximate surface area is 169 Å². The molecule has 1 aliphatic heterocycles. The number of alkyl halides is 6. The molecule has 0 radical (unpaired) electrons. The Kier molecular flexibility index (Phi) is 6.93. The molecule has 1 aliphatic carbocycles. The normalized spacial score (nSPS) is 22.3. The lowest BCUT2D eigenvalue weighted by molar-refractivity contribution is -0.193. The van der Waals surface area contributed by atoms with Crippen LogP contribution in [0.5, 0.6) is 0 Å². The molecule has 2 aromatic rings. The number of rotatable bonds is 1. The van der Waals surface area contributed by atoms with Crippen LogP contribution in [0.4, 0.5) is 32.2 Å². The van der Waals surface area contributed by atoms with E-state index in [1.165, 1.54) is 19.2 Å². The van der Waals surface area contributed by atoms with Crippen LogP contribution in [-0.2, 0) is 9.59 Å². The van der Waals surface area contributed by atoms with Gasteiger partial charge in [-0.1, -0.05) is 0 Å². The maximum atomic E-state index is 10.6. The molecule has 10 nitrogen and oxygen atoms in total. The molecule has 1 saturated carbocycles. The summed E-state index contributed by atoms with van der Waals surface area (Å²) in [5, 5.41) is 17.8. The third-order valence-corrected chi connectivity index (χ3v) is 4.52. The highest BCUT2D eigenvalue weighted by atomic mass is 19.4. The lowest BCUT2D eigenvalue weighted by atomic mass is 10.1. The van der Waals surface area contributed by atoms with Crippen LogP contribution < -0.4 is 11.1 Å². The van der Waals surface area contributed by atoms with Gasteiger partial charge in [0.2, 0.25) is 0 Å². The van der Waals surface area contributed by atoms with E-state index in [9.17, 15) is 26.3 Å². The number of nitrogens with two attached hydrogens (primary N) is 1. The summed E-state index contributed by atoms with van der Waals surface area (Å²) in [5.41, 5.74) is 7.38. The quantitative estimate of drug-likeness (QED) is 0.466. The fourth-order valence-electron chi connectivity index (χ4n) is 3.24. The Morgan fingerprint density at radius 3 is 2.00 bits per heavy atom. The van der Waals surface area contributed by atoms with Gasteiger partial charge in [0.05, 0.1) is 12.4 Å². The molecule has 5 N–H and O–H groups in total. The number of nitrogen functional groups attached to an aromatic ring is 1. The second kappa shape index (κ2) is 8.91. The molecule has 3 atom stereocenters. The van der Waals surface area contributed by atoms with Crippen LogP contribution in [0, 0.1) is 5.92 Å². The molecule has 2 bridgehead atoms. The van der Waals surface area contributed by atoms with Crippen LogP contribution in [0.1, 0.15) is 18.9 Å². The first-order valence-electron chi connectivity index (χ1n) is 8.48. The number of hydrogen-bond donors (Lipinski definition) is 4. The van der Waals surface area contributed by atoms with Crippen LogP contribution >= 0.6 is 0 Å². The summed E-state index contributed by atoms with van der Waals surface area (Å²) in [6.45, 7) is 1.16. The number of imidazole rings is 1. The van der Waals surface area contributed by atoms with Crippen LogP contribution in [0.25, 0.3) is 11.2 Å². The maximum Gasteiger partial charge on any atom is 0.490 e. The Morgan fingerprint density at radius 1 is 1.03 bits per heavy atom. The average Bonchev–Trinajstić information content (AvgIpc) is 3.36. The molecule has 3 heterocycles. The molecular weight excluding hydrogens is 442 g/mol. The topological polar surface area (TPSA) is 156 Å². The number of aromatic nitrogens is 4. The summed E-state index contributed by atoms with van der Waals surface area (Å²) in [6, 6.07) is 1.03. The van der Waals surface area contributed by atoms with Crippen LogP contribution in [0.2, 0.25) is 0 Å². The first kappa shape index (κ1) is 24.1. The van der Waals surface area contributed by atoms with Crippen LogP contribution in [0.15, 0.2) is 12.7 Å². The first-order valence-corrected chi connectivity index (χ1v) is 8.48. The molecule has 31 heavy (non-hydrogen) atoms. The monoisotopic (exact) mass is 458 g/mol. The van der Waals surface area contributed by atoms with Gasteiger partial charge in [-0.2, -0.15) is 26.3 Å². The third-order valence-electron chi connectivity index (χ3n) is 4.52. The Morgan fingerprint density at radius 2 is 1.58 bits per heavy atom. The molecule has 2 aliphatic rings. The predicted octanol–water partition coefficient (Wildman–Crippen LogP) is 1.60. The number of carbonyl (C=O) groups is 2. The lowest BCUT2D eigenvalue weighted by Gasteiger charge is -2.24. The number of anilines is 1. The van der Waals surface area contributed by atoms with Crippen molar-refractivity contribution < 1.29 is 46.1 Å². The van der Waals surface area contributed by atoms with E-state index < -0.39 is 24.3 Å². The van der Waals surface area contributed by atoms with Gasteiger partial charge in [-0.05, 0) is 25.3 Å². The highest BCUT2D eigenvalue weighted by molar-refractivity contribution is 5.81. The highest BCUT2D eigenvalue weighted by Gasteiger charge is 2.41. The summed E-state index contributed by atoms with van der Waals surface area (Å²) >= 11 is 0. The molecule has 2 fully saturated rings. The minimum atomic E-state index is -5.08.